The summed E-state index contributed by atoms with van der Waals surface area (Å²) in [6.07, 6.45) is 0. The molecule has 0 aliphatic carbocycles. The number of nitro groups is 1. The highest BCUT2D eigenvalue weighted by Crippen LogP contribution is 2.23. The van der Waals surface area contributed by atoms with Gasteiger partial charge in [-0.05, 0) is 6.07 Å². The molecule has 1 N–H and O–H groups in total. The Hall–Kier alpha value is -2.90. The quantitative estimate of drug-likeness (QED) is 0.531. The Labute approximate surface area is 111 Å². The number of rotatable bonds is 3. The minimum absolute atomic E-state index is 0.0693. The lowest BCUT2D eigenvalue weighted by Gasteiger charge is -2.05. The van der Waals surface area contributed by atoms with Crippen LogP contribution < -0.4 is 5.32 Å². The second kappa shape index (κ2) is 5.39. The van der Waals surface area contributed by atoms with E-state index in [-0.39, 0.29) is 16.9 Å². The first-order chi connectivity index (χ1) is 9.47. The monoisotopic (exact) mass is 279 g/mol. The molecule has 1 aromatic heterocycles. The molecule has 102 valence electrons. The summed E-state index contributed by atoms with van der Waals surface area (Å²) in [6, 6.07) is 6.88. The number of anilines is 1. The van der Waals surface area contributed by atoms with Crippen molar-refractivity contribution < 1.29 is 18.5 Å². The number of hydrogen-bond donors (Lipinski definition) is 1. The number of nitrogens with one attached hydrogen (secondary N) is 1. The van der Waals surface area contributed by atoms with Crippen LogP contribution in [-0.4, -0.2) is 15.8 Å². The van der Waals surface area contributed by atoms with Gasteiger partial charge >= 0.3 is 0 Å². The normalized spacial score (nSPS) is 10.1. The molecule has 0 bridgehead atoms. The van der Waals surface area contributed by atoms with Crippen molar-refractivity contribution in [3.8, 4) is 0 Å². The van der Waals surface area contributed by atoms with Crippen LogP contribution in [-0.2, 0) is 0 Å². The molecule has 0 aliphatic heterocycles. The number of carbonyl (C=O) groups excluding carboxylic acids is 1. The van der Waals surface area contributed by atoms with Gasteiger partial charge in [-0.3, -0.25) is 14.9 Å². The standard InChI is InChI=1S/C12H7F2N3O3/c13-10-5-7(6-11(14)16-10)12(18)15-8-3-1-2-4-9(8)17(19)20/h1-6H,(H,15,18). The van der Waals surface area contributed by atoms with E-state index >= 15 is 0 Å². The summed E-state index contributed by atoms with van der Waals surface area (Å²) in [5.41, 5.74) is -0.718. The van der Waals surface area contributed by atoms with Crippen molar-refractivity contribution >= 4 is 17.3 Å². The third-order valence-electron chi connectivity index (χ3n) is 2.37. The van der Waals surface area contributed by atoms with Gasteiger partial charge in [-0.1, -0.05) is 12.1 Å². The predicted octanol–water partition coefficient (Wildman–Crippen LogP) is 2.52. The number of hydrogen-bond acceptors (Lipinski definition) is 4. The Morgan fingerprint density at radius 3 is 2.40 bits per heavy atom. The van der Waals surface area contributed by atoms with Gasteiger partial charge in [0, 0.05) is 23.8 Å². The van der Waals surface area contributed by atoms with Crippen molar-refractivity contribution in [1.29, 1.82) is 0 Å². The first-order valence-corrected chi connectivity index (χ1v) is 5.35. The molecular formula is C12H7F2N3O3. The summed E-state index contributed by atoms with van der Waals surface area (Å²) in [4.78, 5) is 24.7. The molecule has 1 heterocycles. The zero-order valence-electron chi connectivity index (χ0n) is 9.84. The van der Waals surface area contributed by atoms with Gasteiger partial charge < -0.3 is 5.32 Å². The first kappa shape index (κ1) is 13.5. The summed E-state index contributed by atoms with van der Waals surface area (Å²) in [6.45, 7) is 0. The van der Waals surface area contributed by atoms with E-state index in [1.807, 2.05) is 0 Å². The highest BCUT2D eigenvalue weighted by Gasteiger charge is 2.16. The van der Waals surface area contributed by atoms with Gasteiger partial charge in [0.15, 0.2) is 0 Å². The van der Waals surface area contributed by atoms with E-state index in [2.05, 4.69) is 10.3 Å². The van der Waals surface area contributed by atoms with Gasteiger partial charge in [0.2, 0.25) is 11.9 Å². The molecule has 0 radical (unpaired) electrons. The lowest BCUT2D eigenvalue weighted by atomic mass is 10.2. The highest BCUT2D eigenvalue weighted by molar-refractivity contribution is 6.05. The smallest absolute Gasteiger partial charge is 0.292 e. The molecule has 8 heteroatoms. The van der Waals surface area contributed by atoms with E-state index in [9.17, 15) is 23.7 Å². The van der Waals surface area contributed by atoms with Crippen molar-refractivity contribution in [3.05, 3.63) is 64.0 Å². The molecule has 0 fully saturated rings. The van der Waals surface area contributed by atoms with Gasteiger partial charge in [-0.25, -0.2) is 0 Å². The molecule has 2 rings (SSSR count). The first-order valence-electron chi connectivity index (χ1n) is 5.35. The average Bonchev–Trinajstić information content (AvgIpc) is 2.37. The zero-order valence-corrected chi connectivity index (χ0v) is 9.84. The molecule has 6 nitrogen and oxygen atoms in total. The summed E-state index contributed by atoms with van der Waals surface area (Å²) >= 11 is 0. The van der Waals surface area contributed by atoms with Crippen molar-refractivity contribution in [1.82, 2.24) is 4.98 Å². The Morgan fingerprint density at radius 2 is 1.80 bits per heavy atom. The fourth-order valence-corrected chi connectivity index (χ4v) is 1.53. The summed E-state index contributed by atoms with van der Waals surface area (Å²) in [7, 11) is 0. The largest absolute Gasteiger partial charge is 0.316 e. The average molecular weight is 279 g/mol. The van der Waals surface area contributed by atoms with Crippen LogP contribution in [0.2, 0.25) is 0 Å². The summed E-state index contributed by atoms with van der Waals surface area (Å²) < 4.78 is 25.8. The number of carbonyl (C=O) groups is 1. The molecule has 0 saturated heterocycles. The van der Waals surface area contributed by atoms with Crippen LogP contribution in [0.15, 0.2) is 36.4 Å². The molecule has 0 unspecified atom stereocenters. The van der Waals surface area contributed by atoms with E-state index < -0.39 is 22.7 Å². The fourth-order valence-electron chi connectivity index (χ4n) is 1.53. The molecular weight excluding hydrogens is 272 g/mol. The van der Waals surface area contributed by atoms with Crippen molar-refractivity contribution in [2.45, 2.75) is 0 Å². The maximum absolute atomic E-state index is 12.9. The van der Waals surface area contributed by atoms with E-state index in [1.165, 1.54) is 24.3 Å². The highest BCUT2D eigenvalue weighted by atomic mass is 19.1. The van der Waals surface area contributed by atoms with Crippen LogP contribution in [0.1, 0.15) is 10.4 Å². The Bertz CT molecular complexity index is 671. The molecule has 1 aromatic carbocycles. The summed E-state index contributed by atoms with van der Waals surface area (Å²) in [5.74, 6) is -3.19. The van der Waals surface area contributed by atoms with E-state index in [4.69, 9.17) is 0 Å². The second-order valence-corrected chi connectivity index (χ2v) is 3.73. The number of pyridine rings is 1. The topological polar surface area (TPSA) is 85.1 Å². The second-order valence-electron chi connectivity index (χ2n) is 3.73. The number of benzene rings is 1. The van der Waals surface area contributed by atoms with Crippen LogP contribution in [0.5, 0.6) is 0 Å². The Balaban J connectivity index is 2.30. The van der Waals surface area contributed by atoms with E-state index in [1.54, 1.807) is 0 Å². The van der Waals surface area contributed by atoms with Crippen LogP contribution in [0.25, 0.3) is 0 Å². The van der Waals surface area contributed by atoms with Gasteiger partial charge in [0.1, 0.15) is 5.69 Å². The van der Waals surface area contributed by atoms with Gasteiger partial charge in [0.25, 0.3) is 11.6 Å². The molecule has 2 aromatic rings. The number of nitrogens with zero attached hydrogens (tertiary/aromatic N) is 2. The lowest BCUT2D eigenvalue weighted by molar-refractivity contribution is -0.383. The zero-order chi connectivity index (χ0) is 14.7. The molecule has 0 saturated carbocycles. The molecule has 1 amide bonds. The fraction of sp³-hybridized carbons (Fsp3) is 0. The Morgan fingerprint density at radius 1 is 1.20 bits per heavy atom. The van der Waals surface area contributed by atoms with Gasteiger partial charge in [-0.2, -0.15) is 13.8 Å². The number of aromatic nitrogens is 1. The lowest BCUT2D eigenvalue weighted by Crippen LogP contribution is -2.14. The number of amides is 1. The maximum Gasteiger partial charge on any atom is 0.292 e. The van der Waals surface area contributed by atoms with Crippen LogP contribution >= 0.6 is 0 Å². The van der Waals surface area contributed by atoms with Crippen LogP contribution in [0, 0.1) is 22.0 Å². The van der Waals surface area contributed by atoms with E-state index in [0.717, 1.165) is 12.1 Å². The van der Waals surface area contributed by atoms with Crippen molar-refractivity contribution in [2.24, 2.45) is 0 Å². The van der Waals surface area contributed by atoms with Crippen LogP contribution in [0.3, 0.4) is 0 Å². The number of halogens is 2. The SMILES string of the molecule is O=C(Nc1ccccc1[N+](=O)[O-])c1cc(F)nc(F)c1. The predicted molar refractivity (Wildman–Crippen MR) is 65.2 cm³/mol. The molecule has 20 heavy (non-hydrogen) atoms. The van der Waals surface area contributed by atoms with Gasteiger partial charge in [-0.15, -0.1) is 0 Å². The molecule has 0 aliphatic rings. The minimum Gasteiger partial charge on any atom is -0.316 e. The number of nitro benzene ring substituents is 1. The molecule has 0 atom stereocenters. The van der Waals surface area contributed by atoms with Crippen molar-refractivity contribution in [2.75, 3.05) is 5.32 Å². The molecule has 0 spiro atoms. The maximum atomic E-state index is 12.9. The third-order valence-corrected chi connectivity index (χ3v) is 2.37. The minimum atomic E-state index is -1.15. The van der Waals surface area contributed by atoms with Crippen LogP contribution in [0.4, 0.5) is 20.2 Å². The third kappa shape index (κ3) is 2.91. The summed E-state index contributed by atoms with van der Waals surface area (Å²) in [5, 5.41) is 13.0. The van der Waals surface area contributed by atoms with Crippen molar-refractivity contribution in [3.63, 3.8) is 0 Å². The van der Waals surface area contributed by atoms with Gasteiger partial charge in [0.05, 0.1) is 4.92 Å². The van der Waals surface area contributed by atoms with E-state index in [0.29, 0.717) is 0 Å². The Kier molecular flexibility index (Phi) is 3.65. The number of para-hydroxylation sites is 2.